The highest BCUT2D eigenvalue weighted by atomic mass is 16.5. The second-order valence-electron chi connectivity index (χ2n) is 12.3. The Morgan fingerprint density at radius 2 is 1.50 bits per heavy atom. The predicted molar refractivity (Wildman–Crippen MR) is 168 cm³/mol. The third kappa shape index (κ3) is 10.5. The van der Waals surface area contributed by atoms with Crippen LogP contribution in [0, 0.1) is 5.92 Å². The molecule has 42 heavy (non-hydrogen) atoms. The minimum Gasteiger partial charge on any atom is -0.496 e. The molecule has 0 radical (unpaired) electrons. The van der Waals surface area contributed by atoms with Crippen LogP contribution >= 0.6 is 0 Å². The van der Waals surface area contributed by atoms with Crippen LogP contribution in [0.4, 0.5) is 0 Å². The van der Waals surface area contributed by atoms with Gasteiger partial charge in [-0.25, -0.2) is 0 Å². The molecule has 0 aliphatic rings. The fourth-order valence-electron chi connectivity index (χ4n) is 4.78. The summed E-state index contributed by atoms with van der Waals surface area (Å²) in [5.41, 5.74) is 2.59. The molecule has 0 aliphatic carbocycles. The van der Waals surface area contributed by atoms with Gasteiger partial charge in [0, 0.05) is 24.1 Å². The molecule has 0 heterocycles. The lowest BCUT2D eigenvalue weighted by Gasteiger charge is -2.31. The van der Waals surface area contributed by atoms with Crippen molar-refractivity contribution in [1.82, 2.24) is 15.5 Å². The van der Waals surface area contributed by atoms with Gasteiger partial charge in [0.1, 0.15) is 24.1 Å². The summed E-state index contributed by atoms with van der Waals surface area (Å²) in [5, 5.41) is 6.14. The first-order valence-electron chi connectivity index (χ1n) is 14.7. The van der Waals surface area contributed by atoms with Gasteiger partial charge in [0.05, 0.1) is 13.2 Å². The molecule has 0 saturated carbocycles. The molecule has 2 atom stereocenters. The fourth-order valence-corrected chi connectivity index (χ4v) is 4.78. The Morgan fingerprint density at radius 1 is 0.857 bits per heavy atom. The molecule has 0 aromatic heterocycles. The number of methoxy groups -OCH3 is 1. The molecule has 0 saturated heterocycles. The summed E-state index contributed by atoms with van der Waals surface area (Å²) < 4.78 is 11.5. The molecular formula is C35H47N3O4. The van der Waals surface area contributed by atoms with Gasteiger partial charge in [-0.05, 0) is 69.5 Å². The smallest absolute Gasteiger partial charge is 0.243 e. The van der Waals surface area contributed by atoms with E-state index in [9.17, 15) is 9.59 Å². The average Bonchev–Trinajstić information content (AvgIpc) is 2.95. The van der Waals surface area contributed by atoms with E-state index in [-0.39, 0.29) is 17.7 Å². The highest BCUT2D eigenvalue weighted by molar-refractivity contribution is 5.90. The van der Waals surface area contributed by atoms with Crippen LogP contribution in [0.15, 0.2) is 78.9 Å². The maximum Gasteiger partial charge on any atom is 0.243 e. The van der Waals surface area contributed by atoms with Crippen molar-refractivity contribution in [2.75, 3.05) is 14.2 Å². The molecule has 0 bridgehead atoms. The first kappa shape index (κ1) is 32.7. The largest absolute Gasteiger partial charge is 0.496 e. The van der Waals surface area contributed by atoms with Gasteiger partial charge in [0.2, 0.25) is 11.8 Å². The fraction of sp³-hybridized carbons (Fsp3) is 0.429. The van der Waals surface area contributed by atoms with Crippen molar-refractivity contribution in [3.05, 3.63) is 95.6 Å². The Kier molecular flexibility index (Phi) is 12.0. The maximum absolute atomic E-state index is 13.8. The Labute approximate surface area is 251 Å². The first-order valence-corrected chi connectivity index (χ1v) is 14.7. The number of carbonyl (C=O) groups is 2. The SMILES string of the molecule is COc1ccccc1CN(C)C(CC(C)C)C(=O)NC(Cc1ccc(OCc2ccccc2)cc1)C(=O)NC(C)(C)C. The van der Waals surface area contributed by atoms with E-state index >= 15 is 0 Å². The molecule has 3 aromatic rings. The number of nitrogens with one attached hydrogen (secondary N) is 2. The summed E-state index contributed by atoms with van der Waals surface area (Å²) in [7, 11) is 3.59. The van der Waals surface area contributed by atoms with Crippen molar-refractivity contribution in [3.63, 3.8) is 0 Å². The van der Waals surface area contributed by atoms with E-state index in [1.54, 1.807) is 7.11 Å². The lowest BCUT2D eigenvalue weighted by atomic mass is 9.99. The van der Waals surface area contributed by atoms with Gasteiger partial charge in [-0.2, -0.15) is 0 Å². The summed E-state index contributed by atoms with van der Waals surface area (Å²) in [6.45, 7) is 11.0. The van der Waals surface area contributed by atoms with Crippen LogP contribution < -0.4 is 20.1 Å². The predicted octanol–water partition coefficient (Wildman–Crippen LogP) is 5.76. The summed E-state index contributed by atoms with van der Waals surface area (Å²) in [6.07, 6.45) is 1.01. The topological polar surface area (TPSA) is 79.9 Å². The van der Waals surface area contributed by atoms with Gasteiger partial charge < -0.3 is 20.1 Å². The van der Waals surface area contributed by atoms with Crippen molar-refractivity contribution < 1.29 is 19.1 Å². The number of hydrogen-bond donors (Lipinski definition) is 2. The van der Waals surface area contributed by atoms with Crippen molar-refractivity contribution in [3.8, 4) is 11.5 Å². The molecule has 2 unspecified atom stereocenters. The Hall–Kier alpha value is -3.84. The minimum absolute atomic E-state index is 0.169. The lowest BCUT2D eigenvalue weighted by Crippen LogP contribution is -2.56. The van der Waals surface area contributed by atoms with Crippen molar-refractivity contribution in [1.29, 1.82) is 0 Å². The molecule has 7 nitrogen and oxygen atoms in total. The van der Waals surface area contributed by atoms with E-state index in [1.807, 2.05) is 112 Å². The summed E-state index contributed by atoms with van der Waals surface area (Å²) in [5.74, 6) is 1.43. The average molecular weight is 574 g/mol. The van der Waals surface area contributed by atoms with Crippen LogP contribution in [-0.4, -0.2) is 48.5 Å². The van der Waals surface area contributed by atoms with E-state index in [1.165, 1.54) is 0 Å². The second-order valence-corrected chi connectivity index (χ2v) is 12.3. The molecule has 3 aromatic carbocycles. The molecular weight excluding hydrogens is 526 g/mol. The highest BCUT2D eigenvalue weighted by Crippen LogP contribution is 2.22. The zero-order chi connectivity index (χ0) is 30.7. The standard InChI is InChI=1S/C35H47N3O4/c1-25(2)21-31(38(6)23-28-15-11-12-16-32(28)41-7)34(40)36-30(33(39)37-35(3,4)5)22-26-17-19-29(20-18-26)42-24-27-13-9-8-10-14-27/h8-20,25,30-31H,21-24H2,1-7H3,(H,36,40)(H,37,39). The van der Waals surface area contributed by atoms with Gasteiger partial charge in [-0.3, -0.25) is 14.5 Å². The monoisotopic (exact) mass is 573 g/mol. The Morgan fingerprint density at radius 3 is 2.12 bits per heavy atom. The number of para-hydroxylation sites is 1. The molecule has 226 valence electrons. The zero-order valence-corrected chi connectivity index (χ0v) is 26.1. The Bertz CT molecular complexity index is 1270. The molecule has 0 fully saturated rings. The van der Waals surface area contributed by atoms with Crippen LogP contribution in [-0.2, 0) is 29.2 Å². The number of rotatable bonds is 14. The molecule has 3 rings (SSSR count). The van der Waals surface area contributed by atoms with Crippen molar-refractivity contribution >= 4 is 11.8 Å². The number of hydrogen-bond acceptors (Lipinski definition) is 5. The van der Waals surface area contributed by atoms with Gasteiger partial charge in [0.25, 0.3) is 0 Å². The molecule has 2 amide bonds. The highest BCUT2D eigenvalue weighted by Gasteiger charge is 2.30. The zero-order valence-electron chi connectivity index (χ0n) is 26.1. The number of ether oxygens (including phenoxy) is 2. The van der Waals surface area contributed by atoms with Crippen LogP contribution in [0.2, 0.25) is 0 Å². The van der Waals surface area contributed by atoms with Crippen LogP contribution in [0.25, 0.3) is 0 Å². The van der Waals surface area contributed by atoms with E-state index in [2.05, 4.69) is 24.5 Å². The molecule has 7 heteroatoms. The minimum atomic E-state index is -0.734. The van der Waals surface area contributed by atoms with Gasteiger partial charge >= 0.3 is 0 Å². The van der Waals surface area contributed by atoms with Crippen molar-refractivity contribution in [2.45, 2.75) is 78.2 Å². The van der Waals surface area contributed by atoms with E-state index in [0.717, 1.165) is 28.2 Å². The summed E-state index contributed by atoms with van der Waals surface area (Å²) in [4.78, 5) is 29.3. The van der Waals surface area contributed by atoms with E-state index in [4.69, 9.17) is 9.47 Å². The molecule has 2 N–H and O–H groups in total. The van der Waals surface area contributed by atoms with Gasteiger partial charge in [-0.1, -0.05) is 74.5 Å². The summed E-state index contributed by atoms with van der Waals surface area (Å²) >= 11 is 0. The van der Waals surface area contributed by atoms with Gasteiger partial charge in [0.15, 0.2) is 0 Å². The molecule has 0 aliphatic heterocycles. The van der Waals surface area contributed by atoms with E-state index < -0.39 is 17.6 Å². The number of likely N-dealkylation sites (N-methyl/N-ethyl adjacent to an activating group) is 1. The maximum atomic E-state index is 13.8. The van der Waals surface area contributed by atoms with Crippen LogP contribution in [0.3, 0.4) is 0 Å². The van der Waals surface area contributed by atoms with E-state index in [0.29, 0.717) is 26.0 Å². The normalized spacial score (nSPS) is 13.0. The van der Waals surface area contributed by atoms with Gasteiger partial charge in [-0.15, -0.1) is 0 Å². The molecule has 0 spiro atoms. The third-order valence-corrected chi connectivity index (χ3v) is 6.88. The van der Waals surface area contributed by atoms with Crippen LogP contribution in [0.1, 0.15) is 57.7 Å². The number of amides is 2. The third-order valence-electron chi connectivity index (χ3n) is 6.88. The quantitative estimate of drug-likeness (QED) is 0.256. The van der Waals surface area contributed by atoms with Crippen LogP contribution in [0.5, 0.6) is 11.5 Å². The number of benzene rings is 3. The second kappa shape index (κ2) is 15.4. The summed E-state index contributed by atoms with van der Waals surface area (Å²) in [6, 6.07) is 24.4. The Balaban J connectivity index is 1.75. The van der Waals surface area contributed by atoms with Crippen molar-refractivity contribution in [2.24, 2.45) is 5.92 Å². The number of carbonyl (C=O) groups excluding carboxylic acids is 2. The number of nitrogens with zero attached hydrogens (tertiary/aromatic N) is 1. The first-order chi connectivity index (χ1) is 19.9. The lowest BCUT2D eigenvalue weighted by molar-refractivity contribution is -0.132.